The Bertz CT molecular complexity index is 1540. The van der Waals surface area contributed by atoms with Crippen LogP contribution in [0.2, 0.25) is 51.4 Å². The maximum atomic E-state index is 14.1. The van der Waals surface area contributed by atoms with E-state index >= 15 is 0 Å². The third kappa shape index (κ3) is 10.3. The highest BCUT2D eigenvalue weighted by Gasteiger charge is 2.28. The molecule has 1 aliphatic rings. The van der Waals surface area contributed by atoms with Gasteiger partial charge in [-0.2, -0.15) is 13.9 Å². The normalized spacial score (nSPS) is 14.2. The van der Waals surface area contributed by atoms with Crippen molar-refractivity contribution in [2.45, 2.75) is 117 Å². The first-order chi connectivity index (χ1) is 21.8. The number of alkyl halides is 2. The van der Waals surface area contributed by atoms with Crippen molar-refractivity contribution in [3.05, 3.63) is 46.4 Å². The van der Waals surface area contributed by atoms with E-state index in [0.29, 0.717) is 29.7 Å². The zero-order valence-corrected chi connectivity index (χ0v) is 30.5. The Balaban J connectivity index is 1.85. The number of nitrogens with zero attached hydrogens (tertiary/aromatic N) is 3. The van der Waals surface area contributed by atoms with Gasteiger partial charge in [-0.25, -0.2) is 4.68 Å². The third-order valence-electron chi connectivity index (χ3n) is 7.80. The van der Waals surface area contributed by atoms with Gasteiger partial charge in [0.25, 0.3) is 5.56 Å². The highest BCUT2D eigenvalue weighted by molar-refractivity contribution is 6.76. The smallest absolute Gasteiger partial charge is 0.387 e. The van der Waals surface area contributed by atoms with E-state index in [1.165, 1.54) is 10.7 Å². The van der Waals surface area contributed by atoms with Gasteiger partial charge in [0.15, 0.2) is 11.5 Å². The molecule has 0 bridgehead atoms. The molecule has 2 heterocycles. The molecule has 1 saturated carbocycles. The van der Waals surface area contributed by atoms with Crippen molar-refractivity contribution in [1.29, 1.82) is 0 Å². The first kappa shape index (κ1) is 36.0. The maximum Gasteiger partial charge on any atom is 0.387 e. The number of rotatable bonds is 19. The molecule has 0 N–H and O–H groups in total. The molecule has 0 aliphatic heterocycles. The van der Waals surface area contributed by atoms with Crippen LogP contribution in [0.15, 0.2) is 35.3 Å². The van der Waals surface area contributed by atoms with Crippen molar-refractivity contribution in [3.63, 3.8) is 0 Å². The predicted molar refractivity (Wildman–Crippen MR) is 186 cm³/mol. The lowest BCUT2D eigenvalue weighted by molar-refractivity contribution is -0.0516. The van der Waals surface area contributed by atoms with Crippen LogP contribution in [-0.4, -0.2) is 56.4 Å². The summed E-state index contributed by atoms with van der Waals surface area (Å²) in [4.78, 5) is 14.1. The number of halogens is 2. The second-order valence-corrected chi connectivity index (χ2v) is 25.7. The molecule has 1 fully saturated rings. The standard InChI is InChI=1S/C34H51F2N3O5Si2/c1-8-9-10-11-12-27-31-28(22-37-39(33(31)40)24-42-18-20-46(5,6)7)38(23-41-17-19-45(2,3)4)32(27)25-13-16-29(44-34(35)36)30(21-25)43-26-14-15-26/h11-13,16,21-22,26,34H,8-10,14-15,17-20,23-24H2,1-7H3. The summed E-state index contributed by atoms with van der Waals surface area (Å²) in [7, 11) is -2.64. The molecule has 0 unspecified atom stereocenters. The van der Waals surface area contributed by atoms with Crippen molar-refractivity contribution < 1.29 is 27.7 Å². The van der Waals surface area contributed by atoms with Gasteiger partial charge in [-0.05, 0) is 49.5 Å². The number of unbranched alkanes of at least 4 members (excludes halogenated alkanes) is 2. The van der Waals surface area contributed by atoms with Crippen molar-refractivity contribution in [2.24, 2.45) is 0 Å². The molecule has 12 heteroatoms. The summed E-state index contributed by atoms with van der Waals surface area (Å²) >= 11 is 0. The van der Waals surface area contributed by atoms with E-state index in [1.807, 2.05) is 10.6 Å². The summed E-state index contributed by atoms with van der Waals surface area (Å²) in [6.07, 6.45) is 10.4. The van der Waals surface area contributed by atoms with Crippen LogP contribution in [0.4, 0.5) is 8.78 Å². The van der Waals surface area contributed by atoms with Gasteiger partial charge in [0.2, 0.25) is 0 Å². The number of benzene rings is 1. The van der Waals surface area contributed by atoms with Crippen LogP contribution in [0.25, 0.3) is 28.2 Å². The minimum absolute atomic E-state index is 0.0146. The van der Waals surface area contributed by atoms with Gasteiger partial charge in [0.05, 0.1) is 28.9 Å². The van der Waals surface area contributed by atoms with Crippen LogP contribution in [0, 0.1) is 0 Å². The van der Waals surface area contributed by atoms with Crippen molar-refractivity contribution in [3.8, 4) is 22.8 Å². The summed E-state index contributed by atoms with van der Waals surface area (Å²) in [5.41, 5.74) is 2.54. The molecule has 1 aromatic carbocycles. The lowest BCUT2D eigenvalue weighted by Gasteiger charge is -2.18. The molecule has 0 amide bonds. The summed E-state index contributed by atoms with van der Waals surface area (Å²) in [5.74, 6) is 0.239. The number of fused-ring (bicyclic) bond motifs is 1. The average molecular weight is 676 g/mol. The molecular weight excluding hydrogens is 625 g/mol. The first-order valence-electron chi connectivity index (χ1n) is 16.5. The lowest BCUT2D eigenvalue weighted by Crippen LogP contribution is -2.26. The lowest BCUT2D eigenvalue weighted by atomic mass is 10.0. The minimum Gasteiger partial charge on any atom is -0.487 e. The monoisotopic (exact) mass is 675 g/mol. The van der Waals surface area contributed by atoms with E-state index in [9.17, 15) is 13.6 Å². The van der Waals surface area contributed by atoms with E-state index in [1.54, 1.807) is 18.3 Å². The molecule has 8 nitrogen and oxygen atoms in total. The largest absolute Gasteiger partial charge is 0.487 e. The van der Waals surface area contributed by atoms with E-state index in [2.05, 4.69) is 57.4 Å². The fourth-order valence-electron chi connectivity index (χ4n) is 4.91. The van der Waals surface area contributed by atoms with E-state index in [4.69, 9.17) is 18.9 Å². The number of aromatic nitrogens is 3. The maximum absolute atomic E-state index is 14.1. The second kappa shape index (κ2) is 15.9. The zero-order chi connectivity index (χ0) is 33.5. The van der Waals surface area contributed by atoms with Gasteiger partial charge in [-0.3, -0.25) is 4.79 Å². The predicted octanol–water partition coefficient (Wildman–Crippen LogP) is 8.84. The summed E-state index contributed by atoms with van der Waals surface area (Å²) in [6.45, 7) is 14.3. The molecular formula is C34H51F2N3O5Si2. The first-order valence-corrected chi connectivity index (χ1v) is 23.9. The molecule has 0 atom stereocenters. The Kier molecular flexibility index (Phi) is 12.4. The molecule has 0 saturated heterocycles. The Morgan fingerprint density at radius 1 is 1.00 bits per heavy atom. The van der Waals surface area contributed by atoms with Gasteiger partial charge in [-0.15, -0.1) is 0 Å². The minimum atomic E-state index is -2.98. The highest BCUT2D eigenvalue weighted by Crippen LogP contribution is 2.41. The van der Waals surface area contributed by atoms with Crippen molar-refractivity contribution in [1.82, 2.24) is 14.3 Å². The van der Waals surface area contributed by atoms with E-state index < -0.39 is 22.8 Å². The Labute approximate surface area is 273 Å². The molecule has 46 heavy (non-hydrogen) atoms. The number of hydrogen-bond acceptors (Lipinski definition) is 6. The van der Waals surface area contributed by atoms with E-state index in [0.717, 1.165) is 55.4 Å². The van der Waals surface area contributed by atoms with Crippen LogP contribution in [0.5, 0.6) is 11.5 Å². The highest BCUT2D eigenvalue weighted by atomic mass is 28.3. The number of hydrogen-bond donors (Lipinski definition) is 0. The second-order valence-electron chi connectivity index (χ2n) is 14.5. The number of ether oxygens (including phenoxy) is 4. The van der Waals surface area contributed by atoms with Crippen LogP contribution in [0.1, 0.15) is 44.6 Å². The third-order valence-corrected chi connectivity index (χ3v) is 11.2. The van der Waals surface area contributed by atoms with Gasteiger partial charge in [-0.1, -0.05) is 71.2 Å². The van der Waals surface area contributed by atoms with Crippen LogP contribution >= 0.6 is 0 Å². The van der Waals surface area contributed by atoms with Gasteiger partial charge >= 0.3 is 6.61 Å². The van der Waals surface area contributed by atoms with Gasteiger partial charge < -0.3 is 23.5 Å². The Morgan fingerprint density at radius 2 is 1.67 bits per heavy atom. The topological polar surface area (TPSA) is 76.7 Å². The molecule has 2 aromatic heterocycles. The van der Waals surface area contributed by atoms with Crippen LogP contribution < -0.4 is 15.0 Å². The number of allylic oxidation sites excluding steroid dienone is 1. The molecule has 3 aromatic rings. The van der Waals surface area contributed by atoms with Crippen molar-refractivity contribution in [2.75, 3.05) is 13.2 Å². The summed E-state index contributed by atoms with van der Waals surface area (Å²) in [5, 5.41) is 5.02. The molecule has 254 valence electrons. The molecule has 1 aliphatic carbocycles. The molecule has 0 radical (unpaired) electrons. The summed E-state index contributed by atoms with van der Waals surface area (Å²) < 4.78 is 52.9. The quantitative estimate of drug-likeness (QED) is 0.0934. The SMILES string of the molecule is CCCCC=Cc1c(-c2ccc(OC(F)F)c(OC3CC3)c2)n(COCC[Si](C)(C)C)c2cnn(COCC[Si](C)(C)C)c(=O)c12. The van der Waals surface area contributed by atoms with Gasteiger partial charge in [0, 0.05) is 40.5 Å². The fraction of sp³-hybridized carbons (Fsp3) is 0.588. The van der Waals surface area contributed by atoms with E-state index in [-0.39, 0.29) is 36.6 Å². The van der Waals surface area contributed by atoms with Crippen molar-refractivity contribution >= 4 is 33.1 Å². The van der Waals surface area contributed by atoms with Crippen LogP contribution in [0.3, 0.4) is 0 Å². The Morgan fingerprint density at radius 3 is 2.28 bits per heavy atom. The fourth-order valence-corrected chi connectivity index (χ4v) is 6.43. The Hall–Kier alpha value is -2.81. The van der Waals surface area contributed by atoms with Crippen LogP contribution in [-0.2, 0) is 22.9 Å². The molecule has 0 spiro atoms. The average Bonchev–Trinajstić information content (AvgIpc) is 3.72. The summed E-state index contributed by atoms with van der Waals surface area (Å²) in [6, 6.07) is 6.96. The molecule has 4 rings (SSSR count). The zero-order valence-electron chi connectivity index (χ0n) is 28.5. The van der Waals surface area contributed by atoms with Gasteiger partial charge in [0.1, 0.15) is 13.5 Å².